The topological polar surface area (TPSA) is 64.0 Å². The molecule has 0 aliphatic carbocycles. The third-order valence-corrected chi connectivity index (χ3v) is 4.30. The molecule has 7 heteroatoms. The molecule has 5 nitrogen and oxygen atoms in total. The minimum absolute atomic E-state index is 0.0773. The summed E-state index contributed by atoms with van der Waals surface area (Å²) in [5, 5.41) is 0. The smallest absolute Gasteiger partial charge is 0.240 e. The Kier molecular flexibility index (Phi) is 4.86. The number of unbranched alkanes of at least 4 members (excludes halogenated alkanes) is 1. The third-order valence-electron chi connectivity index (χ3n) is 2.82. The van der Waals surface area contributed by atoms with Crippen LogP contribution in [0.4, 0.5) is 4.39 Å². The van der Waals surface area contributed by atoms with Crippen LogP contribution in [0.1, 0.15) is 12.8 Å². The van der Waals surface area contributed by atoms with E-state index < -0.39 is 15.8 Å². The molecule has 0 unspecified atom stereocenters. The van der Waals surface area contributed by atoms with Gasteiger partial charge in [0.1, 0.15) is 5.82 Å². The summed E-state index contributed by atoms with van der Waals surface area (Å²) in [4.78, 5) is 4.01. The number of sulfonamides is 1. The van der Waals surface area contributed by atoms with Gasteiger partial charge in [0.2, 0.25) is 10.0 Å². The van der Waals surface area contributed by atoms with Crippen molar-refractivity contribution in [2.24, 2.45) is 0 Å². The van der Waals surface area contributed by atoms with E-state index >= 15 is 0 Å². The molecule has 1 aromatic heterocycles. The molecular formula is C13H16FN3O2S. The molecule has 0 atom stereocenters. The molecule has 0 fully saturated rings. The second-order valence-corrected chi connectivity index (χ2v) is 6.13. The summed E-state index contributed by atoms with van der Waals surface area (Å²) in [5.41, 5.74) is 0. The van der Waals surface area contributed by atoms with Crippen molar-refractivity contribution in [2.75, 3.05) is 6.54 Å². The highest BCUT2D eigenvalue weighted by atomic mass is 32.2. The lowest BCUT2D eigenvalue weighted by Gasteiger charge is -2.07. The van der Waals surface area contributed by atoms with E-state index in [1.165, 1.54) is 12.1 Å². The van der Waals surface area contributed by atoms with Crippen LogP contribution < -0.4 is 4.72 Å². The zero-order chi connectivity index (χ0) is 14.4. The Hall–Kier alpha value is -1.73. The van der Waals surface area contributed by atoms with Crippen LogP contribution >= 0.6 is 0 Å². The van der Waals surface area contributed by atoms with Crippen LogP contribution in [0.2, 0.25) is 0 Å². The van der Waals surface area contributed by atoms with Crippen molar-refractivity contribution in [1.82, 2.24) is 14.3 Å². The van der Waals surface area contributed by atoms with Crippen molar-refractivity contribution < 1.29 is 12.8 Å². The van der Waals surface area contributed by atoms with Gasteiger partial charge in [0.15, 0.2) is 0 Å². The van der Waals surface area contributed by atoms with E-state index in [4.69, 9.17) is 0 Å². The molecule has 108 valence electrons. The summed E-state index contributed by atoms with van der Waals surface area (Å²) < 4.78 is 41.0. The van der Waals surface area contributed by atoms with E-state index in [1.807, 2.05) is 10.8 Å². The van der Waals surface area contributed by atoms with Crippen molar-refractivity contribution in [2.45, 2.75) is 24.3 Å². The summed E-state index contributed by atoms with van der Waals surface area (Å²) in [5.74, 6) is -0.454. The molecule has 0 saturated carbocycles. The number of imidazole rings is 1. The Morgan fingerprint density at radius 3 is 2.60 bits per heavy atom. The van der Waals surface area contributed by atoms with Gasteiger partial charge < -0.3 is 4.57 Å². The van der Waals surface area contributed by atoms with Gasteiger partial charge in [-0.2, -0.15) is 0 Å². The molecule has 20 heavy (non-hydrogen) atoms. The van der Waals surface area contributed by atoms with Gasteiger partial charge in [-0.3, -0.25) is 0 Å². The molecule has 0 bridgehead atoms. The SMILES string of the molecule is O=S(=O)(NCCCCn1ccnc1)c1ccc(F)cc1. The fourth-order valence-electron chi connectivity index (χ4n) is 1.74. The minimum atomic E-state index is -3.55. The van der Waals surface area contributed by atoms with Crippen LogP contribution in [-0.2, 0) is 16.6 Å². The standard InChI is InChI=1S/C13H16FN3O2S/c14-12-3-5-13(6-4-12)20(18,19)16-7-1-2-9-17-10-8-15-11-17/h3-6,8,10-11,16H,1-2,7,9H2. The van der Waals surface area contributed by atoms with E-state index in [9.17, 15) is 12.8 Å². The fraction of sp³-hybridized carbons (Fsp3) is 0.308. The molecule has 1 aromatic carbocycles. The summed E-state index contributed by atoms with van der Waals surface area (Å²) in [6.07, 6.45) is 6.86. The Balaban J connectivity index is 1.76. The van der Waals surface area contributed by atoms with Gasteiger partial charge in [-0.05, 0) is 37.1 Å². The van der Waals surface area contributed by atoms with E-state index in [0.717, 1.165) is 31.5 Å². The maximum Gasteiger partial charge on any atom is 0.240 e. The molecule has 1 heterocycles. The lowest BCUT2D eigenvalue weighted by atomic mass is 10.3. The first-order chi connectivity index (χ1) is 9.58. The number of benzene rings is 1. The maximum atomic E-state index is 12.7. The van der Waals surface area contributed by atoms with E-state index in [2.05, 4.69) is 9.71 Å². The first kappa shape index (κ1) is 14.7. The van der Waals surface area contributed by atoms with Gasteiger partial charge >= 0.3 is 0 Å². The van der Waals surface area contributed by atoms with Gasteiger partial charge in [-0.1, -0.05) is 0 Å². The molecule has 0 saturated heterocycles. The van der Waals surface area contributed by atoms with Gasteiger partial charge in [-0.25, -0.2) is 22.5 Å². The van der Waals surface area contributed by atoms with Crippen LogP contribution in [0.25, 0.3) is 0 Å². The molecule has 0 aliphatic heterocycles. The Morgan fingerprint density at radius 1 is 1.20 bits per heavy atom. The summed E-state index contributed by atoms with van der Waals surface area (Å²) in [6, 6.07) is 4.77. The number of hydrogen-bond donors (Lipinski definition) is 1. The number of nitrogens with one attached hydrogen (secondary N) is 1. The maximum absolute atomic E-state index is 12.7. The number of rotatable bonds is 7. The first-order valence-electron chi connectivity index (χ1n) is 6.29. The molecule has 0 spiro atoms. The second kappa shape index (κ2) is 6.62. The fourth-order valence-corrected chi connectivity index (χ4v) is 2.82. The second-order valence-electron chi connectivity index (χ2n) is 4.36. The Bertz CT molecular complexity index is 624. The average Bonchev–Trinajstić information content (AvgIpc) is 2.92. The van der Waals surface area contributed by atoms with Crippen molar-refractivity contribution in [3.63, 3.8) is 0 Å². The van der Waals surface area contributed by atoms with Crippen LogP contribution in [0, 0.1) is 5.82 Å². The predicted octanol–water partition coefficient (Wildman–Crippen LogP) is 1.78. The largest absolute Gasteiger partial charge is 0.337 e. The van der Waals surface area contributed by atoms with Crippen LogP contribution in [-0.4, -0.2) is 24.5 Å². The summed E-state index contributed by atoms with van der Waals surface area (Å²) in [7, 11) is -3.55. The van der Waals surface area contributed by atoms with Crippen LogP contribution in [0.5, 0.6) is 0 Å². The Labute approximate surface area is 117 Å². The van der Waals surface area contributed by atoms with E-state index in [-0.39, 0.29) is 4.90 Å². The zero-order valence-corrected chi connectivity index (χ0v) is 11.7. The van der Waals surface area contributed by atoms with E-state index in [0.29, 0.717) is 6.54 Å². The normalized spacial score (nSPS) is 11.7. The highest BCUT2D eigenvalue weighted by Gasteiger charge is 2.12. The number of hydrogen-bond acceptors (Lipinski definition) is 3. The van der Waals surface area contributed by atoms with Crippen molar-refractivity contribution in [3.05, 3.63) is 48.8 Å². The van der Waals surface area contributed by atoms with Gasteiger partial charge in [0.05, 0.1) is 11.2 Å². The lowest BCUT2D eigenvalue weighted by Crippen LogP contribution is -2.25. The van der Waals surface area contributed by atoms with Crippen molar-refractivity contribution in [3.8, 4) is 0 Å². The Morgan fingerprint density at radius 2 is 1.95 bits per heavy atom. The molecule has 2 rings (SSSR count). The summed E-state index contributed by atoms with van der Waals surface area (Å²) >= 11 is 0. The molecule has 1 N–H and O–H groups in total. The predicted molar refractivity (Wildman–Crippen MR) is 73.0 cm³/mol. The van der Waals surface area contributed by atoms with Crippen molar-refractivity contribution in [1.29, 1.82) is 0 Å². The van der Waals surface area contributed by atoms with Crippen LogP contribution in [0.3, 0.4) is 0 Å². The highest BCUT2D eigenvalue weighted by molar-refractivity contribution is 7.89. The highest BCUT2D eigenvalue weighted by Crippen LogP contribution is 2.09. The average molecular weight is 297 g/mol. The quantitative estimate of drug-likeness (QED) is 0.792. The number of aryl methyl sites for hydroxylation is 1. The van der Waals surface area contributed by atoms with Gasteiger partial charge in [0, 0.05) is 25.5 Å². The zero-order valence-electron chi connectivity index (χ0n) is 10.9. The van der Waals surface area contributed by atoms with Crippen molar-refractivity contribution >= 4 is 10.0 Å². The van der Waals surface area contributed by atoms with Gasteiger partial charge in [-0.15, -0.1) is 0 Å². The lowest BCUT2D eigenvalue weighted by molar-refractivity contribution is 0.565. The molecule has 0 radical (unpaired) electrons. The molecule has 0 amide bonds. The first-order valence-corrected chi connectivity index (χ1v) is 7.77. The summed E-state index contributed by atoms with van der Waals surface area (Å²) in [6.45, 7) is 1.16. The minimum Gasteiger partial charge on any atom is -0.337 e. The monoisotopic (exact) mass is 297 g/mol. The number of aromatic nitrogens is 2. The van der Waals surface area contributed by atoms with Crippen LogP contribution in [0.15, 0.2) is 47.9 Å². The number of halogens is 1. The third kappa shape index (κ3) is 4.14. The van der Waals surface area contributed by atoms with Gasteiger partial charge in [0.25, 0.3) is 0 Å². The van der Waals surface area contributed by atoms with E-state index in [1.54, 1.807) is 12.5 Å². The molecular weight excluding hydrogens is 281 g/mol. The molecule has 0 aliphatic rings. The molecule has 2 aromatic rings. The number of nitrogens with zero attached hydrogens (tertiary/aromatic N) is 2.